The van der Waals surface area contributed by atoms with E-state index in [-0.39, 0.29) is 0 Å². The standard InChI is InChI=1S/C43H25NS2/c44-26-33-21-28(17-19-34(33)27-9-2-1-3-10-27)30-22-31(29-18-20-42-39(25-29)37-12-5-6-15-40(37)45-42)24-32(23-30)35-13-8-14-38-36-11-4-7-16-41(36)46-43(35)38/h1-25H. The molecule has 0 radical (unpaired) electrons. The second kappa shape index (κ2) is 10.8. The molecule has 0 aliphatic heterocycles. The van der Waals surface area contributed by atoms with Crippen LogP contribution in [-0.2, 0) is 0 Å². The van der Waals surface area contributed by atoms with E-state index in [0.29, 0.717) is 5.56 Å². The lowest BCUT2D eigenvalue weighted by Gasteiger charge is -2.13. The maximum atomic E-state index is 10.2. The third-order valence-corrected chi connectivity index (χ3v) is 11.3. The third kappa shape index (κ3) is 4.43. The molecule has 0 fully saturated rings. The molecule has 214 valence electrons. The number of rotatable bonds is 4. The molecular formula is C43H25NS2. The first-order valence-corrected chi connectivity index (χ1v) is 16.9. The molecule has 3 heteroatoms. The quantitative estimate of drug-likeness (QED) is 0.192. The van der Waals surface area contributed by atoms with E-state index in [0.717, 1.165) is 27.8 Å². The van der Waals surface area contributed by atoms with Gasteiger partial charge in [-0.1, -0.05) is 103 Å². The van der Waals surface area contributed by atoms with E-state index in [9.17, 15) is 5.26 Å². The molecule has 0 bridgehead atoms. The summed E-state index contributed by atoms with van der Waals surface area (Å²) >= 11 is 3.70. The van der Waals surface area contributed by atoms with Crippen LogP contribution in [-0.4, -0.2) is 0 Å². The summed E-state index contributed by atoms with van der Waals surface area (Å²) in [5, 5.41) is 15.4. The van der Waals surface area contributed by atoms with Gasteiger partial charge in [0.1, 0.15) is 0 Å². The largest absolute Gasteiger partial charge is 0.192 e. The Hall–Kier alpha value is -5.53. The maximum absolute atomic E-state index is 10.2. The lowest BCUT2D eigenvalue weighted by atomic mass is 9.90. The van der Waals surface area contributed by atoms with Crippen LogP contribution in [0.15, 0.2) is 152 Å². The van der Waals surface area contributed by atoms with Crippen LogP contribution in [0.2, 0.25) is 0 Å². The van der Waals surface area contributed by atoms with Gasteiger partial charge in [-0.15, -0.1) is 22.7 Å². The fraction of sp³-hybridized carbons (Fsp3) is 0. The molecule has 0 spiro atoms. The van der Waals surface area contributed by atoms with Crippen molar-refractivity contribution < 1.29 is 0 Å². The van der Waals surface area contributed by atoms with E-state index in [1.807, 2.05) is 46.9 Å². The van der Waals surface area contributed by atoms with E-state index >= 15 is 0 Å². The predicted octanol–water partition coefficient (Wildman–Crippen LogP) is 13.0. The SMILES string of the molecule is N#Cc1cc(-c2cc(-c3ccc4sc5ccccc5c4c3)cc(-c3cccc4c3sc3ccccc34)c2)ccc1-c1ccccc1. The van der Waals surface area contributed by atoms with Crippen molar-refractivity contribution in [1.29, 1.82) is 5.26 Å². The minimum absolute atomic E-state index is 0.674. The third-order valence-electron chi connectivity index (χ3n) is 8.92. The molecule has 0 atom stereocenters. The van der Waals surface area contributed by atoms with Gasteiger partial charge in [-0.25, -0.2) is 0 Å². The average molecular weight is 620 g/mol. The zero-order valence-corrected chi connectivity index (χ0v) is 26.3. The van der Waals surface area contributed by atoms with Crippen LogP contribution in [0.4, 0.5) is 0 Å². The van der Waals surface area contributed by atoms with E-state index in [1.54, 1.807) is 0 Å². The first-order valence-electron chi connectivity index (χ1n) is 15.3. The zero-order chi connectivity index (χ0) is 30.6. The first kappa shape index (κ1) is 26.8. The van der Waals surface area contributed by atoms with Gasteiger partial charge < -0.3 is 0 Å². The monoisotopic (exact) mass is 619 g/mol. The van der Waals surface area contributed by atoms with Gasteiger partial charge in [0.25, 0.3) is 0 Å². The van der Waals surface area contributed by atoms with Crippen molar-refractivity contribution in [2.24, 2.45) is 0 Å². The van der Waals surface area contributed by atoms with Gasteiger partial charge in [0.05, 0.1) is 11.6 Å². The summed E-state index contributed by atoms with van der Waals surface area (Å²) in [4.78, 5) is 0. The molecule has 1 nitrogen and oxygen atoms in total. The Labute approximate surface area is 274 Å². The van der Waals surface area contributed by atoms with Crippen LogP contribution < -0.4 is 0 Å². The fourth-order valence-corrected chi connectivity index (χ4v) is 9.01. The van der Waals surface area contributed by atoms with E-state index in [4.69, 9.17) is 0 Å². The molecule has 9 rings (SSSR count). The van der Waals surface area contributed by atoms with Crippen LogP contribution in [0, 0.1) is 11.3 Å². The summed E-state index contributed by atoms with van der Waals surface area (Å²) in [5.41, 5.74) is 9.55. The highest BCUT2D eigenvalue weighted by Crippen LogP contribution is 2.43. The Morgan fingerprint density at radius 1 is 0.370 bits per heavy atom. The Kier molecular flexibility index (Phi) is 6.31. The molecule has 0 saturated carbocycles. The molecule has 0 aliphatic carbocycles. The van der Waals surface area contributed by atoms with Crippen LogP contribution in [0.3, 0.4) is 0 Å². The van der Waals surface area contributed by atoms with Crippen molar-refractivity contribution in [1.82, 2.24) is 0 Å². The maximum Gasteiger partial charge on any atom is 0.0998 e. The Bertz CT molecular complexity index is 2650. The number of fused-ring (bicyclic) bond motifs is 6. The molecule has 0 saturated heterocycles. The van der Waals surface area contributed by atoms with E-state index < -0.39 is 0 Å². The molecule has 9 aromatic rings. The number of hydrogen-bond donors (Lipinski definition) is 0. The number of thiophene rings is 2. The highest BCUT2D eigenvalue weighted by molar-refractivity contribution is 7.26. The van der Waals surface area contributed by atoms with Crippen molar-refractivity contribution >= 4 is 63.0 Å². The fourth-order valence-electron chi connectivity index (χ4n) is 6.68. The Balaban J connectivity index is 1.28. The summed E-state index contributed by atoms with van der Waals surface area (Å²) in [6.45, 7) is 0. The molecule has 0 N–H and O–H groups in total. The highest BCUT2D eigenvalue weighted by atomic mass is 32.1. The molecule has 0 aliphatic rings. The van der Waals surface area contributed by atoms with Gasteiger partial charge in [-0.05, 0) is 93.0 Å². The number of nitriles is 1. The summed E-state index contributed by atoms with van der Waals surface area (Å²) in [5.74, 6) is 0. The summed E-state index contributed by atoms with van der Waals surface area (Å²) in [7, 11) is 0. The molecule has 2 heterocycles. The van der Waals surface area contributed by atoms with Crippen molar-refractivity contribution in [3.05, 3.63) is 157 Å². The summed E-state index contributed by atoms with van der Waals surface area (Å²) in [6.07, 6.45) is 0. The molecular weight excluding hydrogens is 595 g/mol. The first-order chi connectivity index (χ1) is 22.7. The van der Waals surface area contributed by atoms with Gasteiger partial charge >= 0.3 is 0 Å². The Morgan fingerprint density at radius 3 is 1.76 bits per heavy atom. The normalized spacial score (nSPS) is 11.5. The second-order valence-electron chi connectivity index (χ2n) is 11.6. The van der Waals surface area contributed by atoms with Gasteiger partial charge in [0.2, 0.25) is 0 Å². The zero-order valence-electron chi connectivity index (χ0n) is 24.7. The van der Waals surface area contributed by atoms with Crippen LogP contribution in [0.1, 0.15) is 5.56 Å². The minimum Gasteiger partial charge on any atom is -0.192 e. The van der Waals surface area contributed by atoms with E-state index in [1.165, 1.54) is 57.0 Å². The number of benzene rings is 7. The van der Waals surface area contributed by atoms with Gasteiger partial charge in [0.15, 0.2) is 0 Å². The van der Waals surface area contributed by atoms with Crippen LogP contribution >= 0.6 is 22.7 Å². The Morgan fingerprint density at radius 2 is 0.978 bits per heavy atom. The van der Waals surface area contributed by atoms with Crippen LogP contribution in [0.5, 0.6) is 0 Å². The topological polar surface area (TPSA) is 23.8 Å². The predicted molar refractivity (Wildman–Crippen MR) is 199 cm³/mol. The highest BCUT2D eigenvalue weighted by Gasteiger charge is 2.15. The second-order valence-corrected chi connectivity index (χ2v) is 13.8. The molecule has 46 heavy (non-hydrogen) atoms. The van der Waals surface area contributed by atoms with Crippen molar-refractivity contribution in [3.8, 4) is 50.6 Å². The summed E-state index contributed by atoms with van der Waals surface area (Å²) < 4.78 is 5.20. The van der Waals surface area contributed by atoms with Gasteiger partial charge in [-0.3, -0.25) is 0 Å². The average Bonchev–Trinajstić information content (AvgIpc) is 3.69. The number of nitrogens with zero attached hydrogens (tertiary/aromatic N) is 1. The molecule has 2 aromatic heterocycles. The molecule has 0 unspecified atom stereocenters. The number of hydrogen-bond acceptors (Lipinski definition) is 3. The van der Waals surface area contributed by atoms with Crippen molar-refractivity contribution in [3.63, 3.8) is 0 Å². The lowest BCUT2D eigenvalue weighted by Crippen LogP contribution is -1.89. The van der Waals surface area contributed by atoms with Crippen molar-refractivity contribution in [2.75, 3.05) is 0 Å². The smallest absolute Gasteiger partial charge is 0.0998 e. The van der Waals surface area contributed by atoms with Gasteiger partial charge in [-0.2, -0.15) is 5.26 Å². The van der Waals surface area contributed by atoms with Crippen molar-refractivity contribution in [2.45, 2.75) is 0 Å². The van der Waals surface area contributed by atoms with Gasteiger partial charge in [0, 0.05) is 40.3 Å². The minimum atomic E-state index is 0.674. The molecule has 0 amide bonds. The lowest BCUT2D eigenvalue weighted by molar-refractivity contribution is 1.47. The molecule has 7 aromatic carbocycles. The summed E-state index contributed by atoms with van der Waals surface area (Å²) in [6, 6.07) is 56.7. The van der Waals surface area contributed by atoms with Crippen LogP contribution in [0.25, 0.3) is 84.9 Å². The van der Waals surface area contributed by atoms with E-state index in [2.05, 4.69) is 133 Å².